The molecule has 0 fully saturated rings. The molecule has 4 nitrogen and oxygen atoms in total. The molecule has 0 amide bonds. The van der Waals surface area contributed by atoms with Gasteiger partial charge in [0.1, 0.15) is 17.1 Å². The molecule has 0 bridgehead atoms. The van der Waals surface area contributed by atoms with E-state index in [0.717, 1.165) is 27.8 Å². The molecule has 0 atom stereocenters. The summed E-state index contributed by atoms with van der Waals surface area (Å²) in [6, 6.07) is 20.1. The number of hydrogen-bond acceptors (Lipinski definition) is 4. The molecule has 150 valence electrons. The molecule has 0 N–H and O–H groups in total. The molecule has 1 aromatic heterocycles. The van der Waals surface area contributed by atoms with Crippen LogP contribution in [0, 0.1) is 12.7 Å². The smallest absolute Gasteiger partial charge is 0.340 e. The number of hydrogen-bond donors (Lipinski definition) is 0. The maximum Gasteiger partial charge on any atom is 0.340 e. The topological polar surface area (TPSA) is 42.7 Å². The highest BCUT2D eigenvalue weighted by molar-refractivity contribution is 5.86. The van der Waals surface area contributed by atoms with Gasteiger partial charge in [-0.05, 0) is 48.4 Å². The maximum atomic E-state index is 13.7. The molecule has 0 radical (unpaired) electrons. The molecule has 0 spiro atoms. The Balaban J connectivity index is 1.58. The zero-order chi connectivity index (χ0) is 20.7. The summed E-state index contributed by atoms with van der Waals surface area (Å²) in [5.41, 5.74) is 4.36. The molecule has 5 heteroatoms. The summed E-state index contributed by atoms with van der Waals surface area (Å²) in [6.45, 7) is 2.73. The minimum Gasteiger partial charge on any atom is -0.473 e. The molecular formula is C25H20FNO3. The first kappa shape index (κ1) is 18.4. The normalized spacial score (nSPS) is 13.2. The maximum absolute atomic E-state index is 13.7. The molecule has 2 heterocycles. The predicted molar refractivity (Wildman–Crippen MR) is 115 cm³/mol. The average Bonchev–Trinajstić information content (AvgIpc) is 2.77. The third-order valence-electron chi connectivity index (χ3n) is 5.64. The lowest BCUT2D eigenvalue weighted by Crippen LogP contribution is -2.32. The van der Waals surface area contributed by atoms with Gasteiger partial charge in [0, 0.05) is 23.1 Å². The Morgan fingerprint density at radius 1 is 1.03 bits per heavy atom. The number of aryl methyl sites for hydroxylation is 1. The van der Waals surface area contributed by atoms with Gasteiger partial charge in [0.15, 0.2) is 6.73 Å². The number of benzene rings is 3. The van der Waals surface area contributed by atoms with E-state index in [1.165, 1.54) is 12.1 Å². The molecule has 0 unspecified atom stereocenters. The second kappa shape index (κ2) is 7.34. The van der Waals surface area contributed by atoms with E-state index in [9.17, 15) is 9.18 Å². The largest absolute Gasteiger partial charge is 0.473 e. The van der Waals surface area contributed by atoms with E-state index in [1.807, 2.05) is 60.4 Å². The van der Waals surface area contributed by atoms with Gasteiger partial charge in [0.25, 0.3) is 0 Å². The fourth-order valence-electron chi connectivity index (χ4n) is 4.00. The Kier molecular flexibility index (Phi) is 4.51. The number of rotatable bonds is 3. The van der Waals surface area contributed by atoms with Crippen LogP contribution in [0.4, 0.5) is 10.1 Å². The summed E-state index contributed by atoms with van der Waals surface area (Å²) in [5, 5.41) is 0.893. The standard InChI is InChI=1S/C25H20FNO3/c1-16-20-10-11-23-22(14-27(15-29-23)19-9-5-8-18(26)13-19)24(20)30-25(28)21(16)12-17-6-3-2-4-7-17/h2-11,13H,12,14-15H2,1H3. The van der Waals surface area contributed by atoms with Gasteiger partial charge in [0.05, 0.1) is 12.1 Å². The van der Waals surface area contributed by atoms with Crippen LogP contribution in [-0.2, 0) is 13.0 Å². The summed E-state index contributed by atoms with van der Waals surface area (Å²) in [4.78, 5) is 14.8. The van der Waals surface area contributed by atoms with Crippen molar-refractivity contribution in [2.75, 3.05) is 11.6 Å². The molecule has 0 aliphatic carbocycles. The molecule has 5 rings (SSSR count). The molecular weight excluding hydrogens is 381 g/mol. The third-order valence-corrected chi connectivity index (χ3v) is 5.64. The molecule has 1 aliphatic heterocycles. The SMILES string of the molecule is Cc1c(Cc2ccccc2)c(=O)oc2c3c(ccc12)OCN(c1cccc(F)c1)C3. The number of anilines is 1. The van der Waals surface area contributed by atoms with Crippen molar-refractivity contribution < 1.29 is 13.5 Å². The summed E-state index contributed by atoms with van der Waals surface area (Å²) in [7, 11) is 0. The van der Waals surface area contributed by atoms with Gasteiger partial charge in [-0.1, -0.05) is 36.4 Å². The summed E-state index contributed by atoms with van der Waals surface area (Å²) >= 11 is 0. The average molecular weight is 401 g/mol. The van der Waals surface area contributed by atoms with E-state index in [1.54, 1.807) is 6.07 Å². The van der Waals surface area contributed by atoms with E-state index in [2.05, 4.69) is 0 Å². The first-order valence-corrected chi connectivity index (χ1v) is 9.85. The summed E-state index contributed by atoms with van der Waals surface area (Å²) in [5.74, 6) is 0.387. The molecule has 0 saturated carbocycles. The van der Waals surface area contributed by atoms with E-state index in [4.69, 9.17) is 9.15 Å². The van der Waals surface area contributed by atoms with E-state index < -0.39 is 0 Å². The predicted octanol–water partition coefficient (Wildman–Crippen LogP) is 5.19. The van der Waals surface area contributed by atoms with Crippen molar-refractivity contribution in [1.29, 1.82) is 0 Å². The second-order valence-corrected chi connectivity index (χ2v) is 7.53. The van der Waals surface area contributed by atoms with Crippen LogP contribution in [0.2, 0.25) is 0 Å². The van der Waals surface area contributed by atoms with Crippen LogP contribution >= 0.6 is 0 Å². The Labute approximate surface area is 173 Å². The van der Waals surface area contributed by atoms with Crippen LogP contribution in [0.25, 0.3) is 11.0 Å². The van der Waals surface area contributed by atoms with Crippen LogP contribution in [0.15, 0.2) is 75.9 Å². The van der Waals surface area contributed by atoms with Gasteiger partial charge >= 0.3 is 5.63 Å². The van der Waals surface area contributed by atoms with Crippen LogP contribution in [0.5, 0.6) is 5.75 Å². The van der Waals surface area contributed by atoms with Gasteiger partial charge in [-0.2, -0.15) is 0 Å². The fourth-order valence-corrected chi connectivity index (χ4v) is 4.00. The zero-order valence-electron chi connectivity index (χ0n) is 16.5. The number of halogens is 1. The van der Waals surface area contributed by atoms with E-state index in [0.29, 0.717) is 36.6 Å². The van der Waals surface area contributed by atoms with Crippen molar-refractivity contribution in [3.05, 3.63) is 105 Å². The summed E-state index contributed by atoms with van der Waals surface area (Å²) in [6.07, 6.45) is 0.522. The first-order valence-electron chi connectivity index (χ1n) is 9.85. The van der Waals surface area contributed by atoms with Crippen molar-refractivity contribution in [3.63, 3.8) is 0 Å². The zero-order valence-corrected chi connectivity index (χ0v) is 16.5. The Hall–Kier alpha value is -3.60. The minimum absolute atomic E-state index is 0.302. The van der Waals surface area contributed by atoms with Crippen molar-refractivity contribution in [2.24, 2.45) is 0 Å². The lowest BCUT2D eigenvalue weighted by Gasteiger charge is -2.31. The third kappa shape index (κ3) is 3.22. The lowest BCUT2D eigenvalue weighted by molar-refractivity contribution is 0.289. The number of nitrogens with zero attached hydrogens (tertiary/aromatic N) is 1. The summed E-state index contributed by atoms with van der Waals surface area (Å²) < 4.78 is 25.4. The van der Waals surface area contributed by atoms with Crippen LogP contribution in [0.1, 0.15) is 22.3 Å². The molecule has 1 aliphatic rings. The number of ether oxygens (including phenoxy) is 1. The highest BCUT2D eigenvalue weighted by Gasteiger charge is 2.24. The van der Waals surface area contributed by atoms with Gasteiger partial charge in [-0.25, -0.2) is 9.18 Å². The van der Waals surface area contributed by atoms with Crippen molar-refractivity contribution in [3.8, 4) is 5.75 Å². The monoisotopic (exact) mass is 401 g/mol. The van der Waals surface area contributed by atoms with Crippen molar-refractivity contribution in [2.45, 2.75) is 19.9 Å². The Morgan fingerprint density at radius 3 is 2.67 bits per heavy atom. The van der Waals surface area contributed by atoms with Gasteiger partial charge in [0.2, 0.25) is 0 Å². The Morgan fingerprint density at radius 2 is 1.87 bits per heavy atom. The van der Waals surface area contributed by atoms with Crippen molar-refractivity contribution >= 4 is 16.7 Å². The van der Waals surface area contributed by atoms with Crippen LogP contribution < -0.4 is 15.3 Å². The lowest BCUT2D eigenvalue weighted by atomic mass is 9.97. The van der Waals surface area contributed by atoms with Gasteiger partial charge in [-0.3, -0.25) is 0 Å². The van der Waals surface area contributed by atoms with Crippen molar-refractivity contribution in [1.82, 2.24) is 0 Å². The Bertz CT molecular complexity index is 1300. The highest BCUT2D eigenvalue weighted by atomic mass is 19.1. The fraction of sp³-hybridized carbons (Fsp3) is 0.160. The van der Waals surface area contributed by atoms with Crippen LogP contribution in [0.3, 0.4) is 0 Å². The number of fused-ring (bicyclic) bond motifs is 3. The van der Waals surface area contributed by atoms with Crippen LogP contribution in [-0.4, -0.2) is 6.73 Å². The molecule has 4 aromatic rings. The quantitative estimate of drug-likeness (QED) is 0.443. The van der Waals surface area contributed by atoms with Gasteiger partial charge < -0.3 is 14.1 Å². The van der Waals surface area contributed by atoms with E-state index >= 15 is 0 Å². The molecule has 0 saturated heterocycles. The first-order chi connectivity index (χ1) is 14.6. The minimum atomic E-state index is -0.333. The molecule has 30 heavy (non-hydrogen) atoms. The molecule has 3 aromatic carbocycles. The highest BCUT2D eigenvalue weighted by Crippen LogP contribution is 2.35. The van der Waals surface area contributed by atoms with Gasteiger partial charge in [-0.15, -0.1) is 0 Å². The van der Waals surface area contributed by atoms with E-state index in [-0.39, 0.29) is 11.4 Å². The second-order valence-electron chi connectivity index (χ2n) is 7.53.